The number of hydrogen-bond acceptors (Lipinski definition) is 9. The van der Waals surface area contributed by atoms with Crippen molar-refractivity contribution in [2.45, 2.75) is 30.8 Å². The largest absolute Gasteiger partial charge is 0.495 e. The standard InChI is InChI=1S/C20H22N4O9S/c1-13(20(25)21-16-11-14(23(26)27)5-7-18(16)32-2)33-19-8-6-15(12-17(19)24(28)29)34(30,31)22-9-3-4-10-22/h5-8,11-13H,3-4,9-10H2,1-2H3,(H,21,25). The molecule has 1 aliphatic heterocycles. The molecule has 34 heavy (non-hydrogen) atoms. The van der Waals surface area contributed by atoms with Crippen LogP contribution in [0.5, 0.6) is 11.5 Å². The zero-order chi connectivity index (χ0) is 25.0. The fourth-order valence-corrected chi connectivity index (χ4v) is 4.90. The number of nitrogens with zero attached hydrogens (tertiary/aromatic N) is 3. The van der Waals surface area contributed by atoms with Crippen molar-refractivity contribution in [2.75, 3.05) is 25.5 Å². The quantitative estimate of drug-likeness (QED) is 0.406. The van der Waals surface area contributed by atoms with Gasteiger partial charge in [0.25, 0.3) is 11.6 Å². The number of nitro benzene ring substituents is 2. The van der Waals surface area contributed by atoms with Crippen LogP contribution in [0.2, 0.25) is 0 Å². The molecule has 1 aliphatic rings. The summed E-state index contributed by atoms with van der Waals surface area (Å²) in [6.07, 6.45) is 0.151. The fourth-order valence-electron chi connectivity index (χ4n) is 3.36. The summed E-state index contributed by atoms with van der Waals surface area (Å²) < 4.78 is 37.3. The molecule has 1 atom stereocenters. The summed E-state index contributed by atoms with van der Waals surface area (Å²) in [5.41, 5.74) is -0.887. The van der Waals surface area contributed by atoms with E-state index in [1.54, 1.807) is 0 Å². The van der Waals surface area contributed by atoms with E-state index in [2.05, 4.69) is 5.32 Å². The van der Waals surface area contributed by atoms with Gasteiger partial charge in [-0.2, -0.15) is 4.31 Å². The number of non-ortho nitro benzene ring substituents is 1. The van der Waals surface area contributed by atoms with Gasteiger partial charge in [-0.15, -0.1) is 0 Å². The van der Waals surface area contributed by atoms with E-state index in [1.807, 2.05) is 0 Å². The third-order valence-electron chi connectivity index (χ3n) is 5.15. The molecule has 1 fully saturated rings. The van der Waals surface area contributed by atoms with Crippen LogP contribution < -0.4 is 14.8 Å². The second-order valence-corrected chi connectivity index (χ2v) is 9.33. The van der Waals surface area contributed by atoms with Crippen LogP contribution in [0.1, 0.15) is 19.8 Å². The Kier molecular flexibility index (Phi) is 7.32. The molecule has 1 unspecified atom stereocenters. The Hall–Kier alpha value is -3.78. The third kappa shape index (κ3) is 5.23. The van der Waals surface area contributed by atoms with E-state index in [1.165, 1.54) is 36.5 Å². The molecule has 3 rings (SSSR count). The molecule has 14 heteroatoms. The summed E-state index contributed by atoms with van der Waals surface area (Å²) in [5.74, 6) is -0.908. The topological polar surface area (TPSA) is 171 Å². The number of benzene rings is 2. The van der Waals surface area contributed by atoms with Gasteiger partial charge in [0.05, 0.1) is 27.5 Å². The predicted molar refractivity (Wildman–Crippen MR) is 119 cm³/mol. The van der Waals surface area contributed by atoms with Crippen molar-refractivity contribution in [3.63, 3.8) is 0 Å². The highest BCUT2D eigenvalue weighted by molar-refractivity contribution is 7.89. The predicted octanol–water partition coefficient (Wildman–Crippen LogP) is 2.70. The molecule has 2 aromatic rings. The lowest BCUT2D eigenvalue weighted by molar-refractivity contribution is -0.386. The van der Waals surface area contributed by atoms with E-state index in [-0.39, 0.29) is 27.8 Å². The maximum atomic E-state index is 12.7. The van der Waals surface area contributed by atoms with Crippen LogP contribution in [0.3, 0.4) is 0 Å². The number of hydrogen-bond donors (Lipinski definition) is 1. The number of carbonyl (C=O) groups excluding carboxylic acids is 1. The normalized spacial score (nSPS) is 14.9. The van der Waals surface area contributed by atoms with Gasteiger partial charge >= 0.3 is 5.69 Å². The van der Waals surface area contributed by atoms with Gasteiger partial charge in [0.1, 0.15) is 5.75 Å². The van der Waals surface area contributed by atoms with Crippen LogP contribution >= 0.6 is 0 Å². The van der Waals surface area contributed by atoms with E-state index in [4.69, 9.17) is 9.47 Å². The zero-order valence-corrected chi connectivity index (χ0v) is 19.1. The molecular formula is C20H22N4O9S. The lowest BCUT2D eigenvalue weighted by Crippen LogP contribution is -2.30. The van der Waals surface area contributed by atoms with E-state index in [9.17, 15) is 33.4 Å². The van der Waals surface area contributed by atoms with Gasteiger partial charge in [0.15, 0.2) is 11.9 Å². The molecule has 1 amide bonds. The van der Waals surface area contributed by atoms with Gasteiger partial charge in [-0.05, 0) is 38.0 Å². The van der Waals surface area contributed by atoms with Crippen molar-refractivity contribution >= 4 is 33.0 Å². The van der Waals surface area contributed by atoms with Crippen LogP contribution in [0, 0.1) is 20.2 Å². The Morgan fingerprint density at radius 3 is 2.29 bits per heavy atom. The van der Waals surface area contributed by atoms with Crippen LogP contribution in [0.15, 0.2) is 41.3 Å². The summed E-state index contributed by atoms with van der Waals surface area (Å²) in [6, 6.07) is 6.82. The van der Waals surface area contributed by atoms with E-state index < -0.39 is 37.6 Å². The zero-order valence-electron chi connectivity index (χ0n) is 18.3. The van der Waals surface area contributed by atoms with E-state index in [0.29, 0.717) is 25.9 Å². The Morgan fingerprint density at radius 1 is 1.06 bits per heavy atom. The average molecular weight is 494 g/mol. The molecule has 1 N–H and O–H groups in total. The minimum atomic E-state index is -3.89. The molecule has 1 saturated heterocycles. The van der Waals surface area contributed by atoms with Gasteiger partial charge in [0, 0.05) is 31.3 Å². The second-order valence-electron chi connectivity index (χ2n) is 7.39. The number of amides is 1. The Balaban J connectivity index is 1.82. The molecule has 13 nitrogen and oxygen atoms in total. The number of sulfonamides is 1. The summed E-state index contributed by atoms with van der Waals surface area (Å²) in [6.45, 7) is 2.00. The summed E-state index contributed by atoms with van der Waals surface area (Å²) >= 11 is 0. The van der Waals surface area contributed by atoms with Gasteiger partial charge in [-0.25, -0.2) is 8.42 Å². The molecular weight excluding hydrogens is 472 g/mol. The highest BCUT2D eigenvalue weighted by Crippen LogP contribution is 2.33. The maximum Gasteiger partial charge on any atom is 0.312 e. The number of nitrogens with one attached hydrogen (secondary N) is 1. The molecule has 0 aliphatic carbocycles. The lowest BCUT2D eigenvalue weighted by atomic mass is 10.2. The number of ether oxygens (including phenoxy) is 2. The first-order valence-corrected chi connectivity index (χ1v) is 11.6. The van der Waals surface area contributed by atoms with Crippen molar-refractivity contribution in [2.24, 2.45) is 0 Å². The van der Waals surface area contributed by atoms with Crippen LogP contribution in [-0.4, -0.2) is 54.8 Å². The first-order valence-electron chi connectivity index (χ1n) is 10.1. The summed E-state index contributed by atoms with van der Waals surface area (Å²) in [4.78, 5) is 33.5. The van der Waals surface area contributed by atoms with Gasteiger partial charge in [0.2, 0.25) is 10.0 Å². The first kappa shape index (κ1) is 24.9. The van der Waals surface area contributed by atoms with E-state index in [0.717, 1.165) is 18.2 Å². The second kappa shape index (κ2) is 10.0. The Bertz CT molecular complexity index is 1230. The Labute approximate surface area is 194 Å². The van der Waals surface area contributed by atoms with Gasteiger partial charge < -0.3 is 14.8 Å². The molecule has 182 valence electrons. The Morgan fingerprint density at radius 2 is 1.71 bits per heavy atom. The SMILES string of the molecule is COc1ccc([N+](=O)[O-])cc1NC(=O)C(C)Oc1ccc(S(=O)(=O)N2CCCC2)cc1[N+](=O)[O-]. The first-order chi connectivity index (χ1) is 16.0. The van der Waals surface area contributed by atoms with Crippen LogP contribution in [0.25, 0.3) is 0 Å². The van der Waals surface area contributed by atoms with Gasteiger partial charge in [-0.1, -0.05) is 0 Å². The monoisotopic (exact) mass is 494 g/mol. The van der Waals surface area contributed by atoms with Crippen molar-refractivity contribution in [1.82, 2.24) is 4.31 Å². The molecule has 2 aromatic carbocycles. The highest BCUT2D eigenvalue weighted by atomic mass is 32.2. The minimum Gasteiger partial charge on any atom is -0.495 e. The summed E-state index contributed by atoms with van der Waals surface area (Å²) in [7, 11) is -2.57. The number of nitro groups is 2. The van der Waals surface area contributed by atoms with Crippen LogP contribution in [0.4, 0.5) is 17.1 Å². The van der Waals surface area contributed by atoms with Crippen molar-refractivity contribution in [1.29, 1.82) is 0 Å². The van der Waals surface area contributed by atoms with Crippen LogP contribution in [-0.2, 0) is 14.8 Å². The van der Waals surface area contributed by atoms with E-state index >= 15 is 0 Å². The molecule has 0 aromatic heterocycles. The minimum absolute atomic E-state index is 0.0127. The molecule has 1 heterocycles. The number of carbonyl (C=O) groups is 1. The molecule has 0 radical (unpaired) electrons. The molecule has 0 saturated carbocycles. The van der Waals surface area contributed by atoms with Crippen molar-refractivity contribution in [3.8, 4) is 11.5 Å². The highest BCUT2D eigenvalue weighted by Gasteiger charge is 2.30. The van der Waals surface area contributed by atoms with Crippen molar-refractivity contribution < 1.29 is 32.5 Å². The lowest BCUT2D eigenvalue weighted by Gasteiger charge is -2.18. The molecule has 0 bridgehead atoms. The van der Waals surface area contributed by atoms with Crippen molar-refractivity contribution in [3.05, 3.63) is 56.6 Å². The number of rotatable bonds is 9. The maximum absolute atomic E-state index is 12.7. The smallest absolute Gasteiger partial charge is 0.312 e. The number of anilines is 1. The fraction of sp³-hybridized carbons (Fsp3) is 0.350. The third-order valence-corrected chi connectivity index (χ3v) is 7.05. The average Bonchev–Trinajstić information content (AvgIpc) is 3.34. The number of methoxy groups -OCH3 is 1. The summed E-state index contributed by atoms with van der Waals surface area (Å²) in [5, 5.41) is 25.0. The molecule has 0 spiro atoms. The van der Waals surface area contributed by atoms with Gasteiger partial charge in [-0.3, -0.25) is 25.0 Å².